The Bertz CT molecular complexity index is 3820. The molecule has 1 aliphatic rings. The van der Waals surface area contributed by atoms with E-state index in [0.29, 0.717) is 60.6 Å². The highest BCUT2D eigenvalue weighted by Gasteiger charge is 2.36. The second kappa shape index (κ2) is 51.3. The van der Waals surface area contributed by atoms with E-state index < -0.39 is 181 Å². The van der Waals surface area contributed by atoms with Crippen molar-refractivity contribution in [3.63, 3.8) is 0 Å². The summed E-state index contributed by atoms with van der Waals surface area (Å²) in [6.45, 7) is 9.53. The number of thioether (sulfide) groups is 2. The first kappa shape index (κ1) is 97.7. The summed E-state index contributed by atoms with van der Waals surface area (Å²) in [5, 5.41) is 46.9. The molecule has 1 fully saturated rings. The molecule has 644 valence electrons. The summed E-state index contributed by atoms with van der Waals surface area (Å²) in [4.78, 5) is 234. The van der Waals surface area contributed by atoms with Gasteiger partial charge in [0.25, 0.3) is 0 Å². The smallest absolute Gasteiger partial charge is 0.245 e. The minimum atomic E-state index is -1.57. The molecule has 10 atom stereocenters. The lowest BCUT2D eigenvalue weighted by molar-refractivity contribution is -0.135. The number of nitrogens with two attached hydrogens (primary N) is 4. The molecule has 1 saturated heterocycles. The van der Waals surface area contributed by atoms with Gasteiger partial charge in [0, 0.05) is 107 Å². The number of guanidine groups is 1. The van der Waals surface area contributed by atoms with Crippen molar-refractivity contribution in [3.05, 3.63) is 54.2 Å². The van der Waals surface area contributed by atoms with Gasteiger partial charge in [-0.05, 0) is 88.6 Å². The highest BCUT2D eigenvalue weighted by Crippen LogP contribution is 2.20. The predicted molar refractivity (Wildman–Crippen MR) is 433 cm³/mol. The Labute approximate surface area is 681 Å². The number of benzene rings is 1. The van der Waals surface area contributed by atoms with Gasteiger partial charge in [0.05, 0.1) is 45.0 Å². The van der Waals surface area contributed by atoms with Gasteiger partial charge in [-0.3, -0.25) is 91.5 Å². The van der Waals surface area contributed by atoms with Crippen LogP contribution < -0.4 is 97.4 Å². The van der Waals surface area contributed by atoms with Crippen LogP contribution in [0.4, 0.5) is 0 Å². The molecule has 0 bridgehead atoms. The summed E-state index contributed by atoms with van der Waals surface area (Å²) in [6.07, 6.45) is 5.58. The Morgan fingerprint density at radius 2 is 1.17 bits per heavy atom. The maximum absolute atomic E-state index is 14.7. The molecule has 44 heteroatoms. The van der Waals surface area contributed by atoms with Crippen LogP contribution in [-0.4, -0.2) is 312 Å². The Morgan fingerprint density at radius 3 is 1.79 bits per heavy atom. The van der Waals surface area contributed by atoms with Gasteiger partial charge < -0.3 is 117 Å². The number of aliphatic hydroxyl groups excluding tert-OH is 1. The average molecular weight is 1670 g/mol. The van der Waals surface area contributed by atoms with Crippen molar-refractivity contribution >= 4 is 135 Å². The molecule has 0 saturated carbocycles. The zero-order valence-electron chi connectivity index (χ0n) is 67.1. The molecule has 1 aromatic carbocycles. The lowest BCUT2D eigenvalue weighted by Crippen LogP contribution is -2.60. The zero-order valence-corrected chi connectivity index (χ0v) is 68.7. The third kappa shape index (κ3) is 36.8. The number of aromatic amines is 2. The molecule has 1 aliphatic heterocycles. The molecule has 42 nitrogen and oxygen atoms in total. The fraction of sp³-hybridized carbons (Fsp3) is 0.611. The highest BCUT2D eigenvalue weighted by molar-refractivity contribution is 7.99. The summed E-state index contributed by atoms with van der Waals surface area (Å²) in [5.74, 6) is -12.3. The van der Waals surface area contributed by atoms with Gasteiger partial charge in [-0.1, -0.05) is 45.9 Å². The van der Waals surface area contributed by atoms with Crippen LogP contribution in [0.5, 0.6) is 0 Å². The van der Waals surface area contributed by atoms with Gasteiger partial charge >= 0.3 is 0 Å². The lowest BCUT2D eigenvalue weighted by Gasteiger charge is -2.34. The van der Waals surface area contributed by atoms with E-state index in [9.17, 15) is 81.8 Å². The number of H-pyrrole nitrogens is 2. The van der Waals surface area contributed by atoms with E-state index in [0.717, 1.165) is 11.8 Å². The van der Waals surface area contributed by atoms with E-state index >= 15 is 0 Å². The molecule has 3 heterocycles. The number of carbonyl (C=O) groups excluding carboxylic acids is 16. The number of para-hydroxylation sites is 1. The third-order valence-corrected chi connectivity index (χ3v) is 19.5. The fourth-order valence-electron chi connectivity index (χ4n) is 11.7. The van der Waals surface area contributed by atoms with E-state index in [4.69, 9.17) is 22.9 Å². The number of imidazole rings is 1. The second-order valence-corrected chi connectivity index (χ2v) is 30.8. The predicted octanol–water partition coefficient (Wildman–Crippen LogP) is -7.85. The topological polar surface area (TPSA) is 632 Å². The number of hydrogen-bond acceptors (Lipinski definition) is 24. The zero-order chi connectivity index (χ0) is 86.1. The van der Waals surface area contributed by atoms with Gasteiger partial charge in [0.15, 0.2) is 5.96 Å². The summed E-state index contributed by atoms with van der Waals surface area (Å²) >= 11 is 2.55. The van der Waals surface area contributed by atoms with Crippen LogP contribution in [0, 0.1) is 11.8 Å². The number of hydrogen-bond donors (Lipinski definition) is 21. The van der Waals surface area contributed by atoms with Crippen LogP contribution in [-0.2, 0) is 89.6 Å². The molecular weight excluding hydrogens is 1550 g/mol. The van der Waals surface area contributed by atoms with Crippen molar-refractivity contribution in [3.8, 4) is 0 Å². The van der Waals surface area contributed by atoms with Crippen LogP contribution in [0.15, 0.2) is 48.0 Å². The molecule has 16 amide bonds. The Morgan fingerprint density at radius 1 is 0.595 bits per heavy atom. The van der Waals surface area contributed by atoms with E-state index in [1.165, 1.54) is 38.1 Å². The number of nitrogens with zero attached hydrogens (tertiary/aromatic N) is 5. The van der Waals surface area contributed by atoms with Crippen LogP contribution >= 0.6 is 23.5 Å². The molecule has 4 rings (SSSR count). The van der Waals surface area contributed by atoms with Crippen molar-refractivity contribution in [1.82, 2.24) is 104 Å². The molecule has 0 aliphatic carbocycles. The minimum absolute atomic E-state index is 0.0373. The number of piperazine rings is 1. The first-order valence-electron chi connectivity index (χ1n) is 38.0. The second-order valence-electron chi connectivity index (χ2n) is 28.8. The van der Waals surface area contributed by atoms with Crippen molar-refractivity contribution in [1.29, 1.82) is 0 Å². The number of aromatic nitrogens is 3. The first-order chi connectivity index (χ1) is 55.0. The number of carbonyl (C=O) groups is 16. The van der Waals surface area contributed by atoms with Gasteiger partial charge in [-0.2, -0.15) is 11.8 Å². The van der Waals surface area contributed by atoms with E-state index in [1.54, 1.807) is 63.3 Å². The van der Waals surface area contributed by atoms with Crippen LogP contribution in [0.1, 0.15) is 91.3 Å². The number of rotatable bonds is 53. The van der Waals surface area contributed by atoms with Crippen LogP contribution in [0.2, 0.25) is 0 Å². The summed E-state index contributed by atoms with van der Waals surface area (Å²) in [5.41, 5.74) is 24.0. The summed E-state index contributed by atoms with van der Waals surface area (Å²) < 4.78 is 0. The number of aliphatic hydroxyl groups is 1. The fourth-order valence-corrected chi connectivity index (χ4v) is 13.1. The monoisotopic (exact) mass is 1670 g/mol. The number of primary amides is 2. The number of amides is 16. The quantitative estimate of drug-likeness (QED) is 0.0108. The van der Waals surface area contributed by atoms with E-state index in [1.807, 2.05) is 29.9 Å². The van der Waals surface area contributed by atoms with Gasteiger partial charge in [-0.25, -0.2) is 4.98 Å². The average Bonchev–Trinajstić information content (AvgIpc) is 1.67. The molecule has 25 N–H and O–H groups in total. The summed E-state index contributed by atoms with van der Waals surface area (Å²) in [6, 6.07) is -6.14. The van der Waals surface area contributed by atoms with E-state index in [-0.39, 0.29) is 101 Å². The van der Waals surface area contributed by atoms with Crippen LogP contribution in [0.25, 0.3) is 10.9 Å². The number of fused-ring (bicyclic) bond motifs is 1. The van der Waals surface area contributed by atoms with Crippen molar-refractivity contribution < 1.29 is 81.8 Å². The van der Waals surface area contributed by atoms with E-state index in [2.05, 4.69) is 94.4 Å². The Kier molecular flexibility index (Phi) is 43.2. The number of aliphatic imine (C=N–C) groups is 1. The standard InChI is InChI=1S/C72H117N25O17S2/c1-40(2)27-51(68(111)89-48(62(74)105)18-26-115-9)91-69(112)53(29-45-31-77-38-83-45)87-58(102)33-82-71(114)61(41(3)4)94-63(106)42(5)85-67(110)52(28-44-30-80-47-14-11-10-13-46(44)47)92-66(109)50(16-17-56(73)100)90-65(108)49(15-12-19-79-72(75)76)86-60(104)35-97-24-22-96(23-25-97)21-20-78-57(101)32-81-64(107)55(37-116-39-84-43(6)99)93-70(113)54(36-98)88-59(103)34-95(7)8/h10-11,13-14,30-31,38,40-42,48-55,61,80,98H,12,15-29,32-37,39H2,1-9H3,(H2,73,100)(H2,74,105)(H,77,83)(H,78,101)(H,81,107)(H,82,114)(H,84,99)(H,85,110)(H,86,104)(H,87,102)(H,88,103)(H,89,111)(H,90,108)(H,91,112)(H,92,109)(H,93,113)(H,94,106)(H4,75,76,79)/t42-,48-,49-,50-,51-,52-,53-,54-,55-,61-/m0/s1. The van der Waals surface area contributed by atoms with Gasteiger partial charge in [0.2, 0.25) is 94.5 Å². The summed E-state index contributed by atoms with van der Waals surface area (Å²) in [7, 11) is 3.27. The Balaban J connectivity index is 1.42. The minimum Gasteiger partial charge on any atom is -0.394 e. The maximum atomic E-state index is 14.7. The molecule has 0 radical (unpaired) electrons. The normalized spacial score (nSPS) is 14.9. The maximum Gasteiger partial charge on any atom is 0.245 e. The van der Waals surface area contributed by atoms with Crippen molar-refractivity contribution in [2.75, 3.05) is 116 Å². The largest absolute Gasteiger partial charge is 0.394 e. The highest BCUT2D eigenvalue weighted by atomic mass is 32.2. The van der Waals surface area contributed by atoms with Crippen molar-refractivity contribution in [2.24, 2.45) is 39.8 Å². The molecule has 3 aromatic rings. The van der Waals surface area contributed by atoms with Gasteiger partial charge in [0.1, 0.15) is 60.4 Å². The SMILES string of the molecule is CSCC[C@H](NC(=O)[C@H](CC(C)C)NC(=O)[C@H](Cc1cnc[nH]1)NC(=O)CNC(=O)[C@@H](NC(=O)[C@H](C)NC(=O)[C@H](Cc1c[nH]c2ccccc12)NC(=O)[C@H](CCC(N)=O)NC(=O)[C@H](CCCN=C(N)N)NC(=O)CN1CCN(CCNC(=O)CNC(=O)[C@H](CSCNC(C)=O)NC(=O)[C@H](CO)NC(=O)CN(C)C)CC1)C(C)C)C(N)=O. The molecule has 116 heavy (non-hydrogen) atoms. The third-order valence-electron chi connectivity index (χ3n) is 17.9. The van der Waals surface area contributed by atoms with Crippen LogP contribution in [0.3, 0.4) is 0 Å². The Hall–Kier alpha value is -10.7. The number of nitrogens with one attached hydrogen (secondary N) is 16. The molecular formula is C72H117N25O17S2. The lowest BCUT2D eigenvalue weighted by atomic mass is 10.0. The van der Waals surface area contributed by atoms with Gasteiger partial charge in [-0.15, -0.1) is 11.8 Å². The molecule has 0 unspecified atom stereocenters. The first-order valence-corrected chi connectivity index (χ1v) is 40.5. The van der Waals surface area contributed by atoms with Crippen molar-refractivity contribution in [2.45, 2.75) is 153 Å². The molecule has 2 aromatic heterocycles. The number of likely N-dealkylation sites (N-methyl/N-ethyl adjacent to an activating group) is 1. The molecule has 0 spiro atoms.